The van der Waals surface area contributed by atoms with Crippen LogP contribution in [0.2, 0.25) is 18.1 Å². The van der Waals surface area contributed by atoms with Crippen molar-refractivity contribution in [3.05, 3.63) is 41.1 Å². The number of aromatic nitrogens is 1. The largest absolute Gasteiger partial charge is 0.543 e. The van der Waals surface area contributed by atoms with E-state index in [1.54, 1.807) is 58.0 Å². The highest BCUT2D eigenvalue weighted by Gasteiger charge is 2.49. The molecule has 2 aromatic rings. The van der Waals surface area contributed by atoms with Gasteiger partial charge in [-0.15, -0.1) is 0 Å². The number of hydrogen-bond acceptors (Lipinski definition) is 6. The van der Waals surface area contributed by atoms with Crippen molar-refractivity contribution in [1.82, 2.24) is 4.98 Å². The van der Waals surface area contributed by atoms with Crippen LogP contribution in [0.4, 0.5) is 13.2 Å². The van der Waals surface area contributed by atoms with Crippen molar-refractivity contribution in [1.29, 1.82) is 5.26 Å². The van der Waals surface area contributed by atoms with Crippen molar-refractivity contribution in [2.45, 2.75) is 77.5 Å². The molecule has 35 heavy (non-hydrogen) atoms. The molecule has 0 saturated heterocycles. The van der Waals surface area contributed by atoms with Gasteiger partial charge < -0.3 is 8.61 Å². The van der Waals surface area contributed by atoms with Crippen molar-refractivity contribution < 1.29 is 30.2 Å². The first-order chi connectivity index (χ1) is 15.6. The normalized spacial score (nSPS) is 13.3. The van der Waals surface area contributed by atoms with E-state index in [1.165, 1.54) is 0 Å². The van der Waals surface area contributed by atoms with Gasteiger partial charge >= 0.3 is 15.6 Å². The molecule has 0 aliphatic rings. The van der Waals surface area contributed by atoms with E-state index < -0.39 is 40.8 Å². The zero-order valence-corrected chi connectivity index (χ0v) is 23.2. The molecule has 1 heterocycles. The summed E-state index contributed by atoms with van der Waals surface area (Å²) < 4.78 is 73.4. The number of aryl methyl sites for hydroxylation is 1. The van der Waals surface area contributed by atoms with E-state index in [0.717, 1.165) is 0 Å². The number of nitriles is 1. The second-order valence-corrected chi connectivity index (χ2v) is 17.2. The molecule has 0 bridgehead atoms. The van der Waals surface area contributed by atoms with Crippen LogP contribution in [0.15, 0.2) is 24.3 Å². The third-order valence-corrected chi connectivity index (χ3v) is 11.3. The summed E-state index contributed by atoms with van der Waals surface area (Å²) in [7, 11) is -8.26. The van der Waals surface area contributed by atoms with Gasteiger partial charge in [-0.3, -0.25) is 0 Å². The number of alkyl halides is 3. The summed E-state index contributed by atoms with van der Waals surface area (Å²) in [5.74, 6) is -0.372. The number of nitrogens with zero attached hydrogens (tertiary/aromatic N) is 2. The summed E-state index contributed by atoms with van der Waals surface area (Å²) in [6, 6.07) is 8.64. The van der Waals surface area contributed by atoms with Gasteiger partial charge in [-0.25, -0.2) is 4.98 Å². The summed E-state index contributed by atoms with van der Waals surface area (Å²) in [5, 5.41) is 9.75. The number of hydrogen-bond donors (Lipinski definition) is 0. The van der Waals surface area contributed by atoms with Crippen LogP contribution in [0.5, 0.6) is 11.6 Å². The van der Waals surface area contributed by atoms with Crippen LogP contribution < -0.4 is 8.61 Å². The fourth-order valence-electron chi connectivity index (χ4n) is 2.84. The number of halogens is 3. The SMILES string of the molecule is Cc1ccc(O[Si](C)(C)C(C)(C)C)cc1-c1cc(C(C)(C)C)nc(OS(=O)(=O)C(F)(F)F)c1C#N. The molecule has 1 aromatic carbocycles. The summed E-state index contributed by atoms with van der Waals surface area (Å²) in [6.07, 6.45) is 0. The lowest BCUT2D eigenvalue weighted by molar-refractivity contribution is -0.0501. The standard InChI is InChI=1S/C24H31F3N2O4SSi/c1-15-10-11-16(33-35(8,9)23(5,6)7)12-17(15)18-13-20(22(2,3)4)29-21(19(18)14-28)32-34(30,31)24(25,26)27/h10-13H,1-9H3. The van der Waals surface area contributed by atoms with Crippen LogP contribution in [0.3, 0.4) is 0 Å². The van der Waals surface area contributed by atoms with E-state index in [-0.39, 0.29) is 16.3 Å². The average Bonchev–Trinajstić information content (AvgIpc) is 2.66. The zero-order chi connectivity index (χ0) is 27.2. The maximum Gasteiger partial charge on any atom is 0.534 e. The number of pyridine rings is 1. The highest BCUT2D eigenvalue weighted by atomic mass is 32.2. The summed E-state index contributed by atoms with van der Waals surface area (Å²) in [6.45, 7) is 17.5. The van der Waals surface area contributed by atoms with Gasteiger partial charge in [0.15, 0.2) is 0 Å². The third kappa shape index (κ3) is 6.16. The fourth-order valence-corrected chi connectivity index (χ4v) is 4.29. The molecule has 6 nitrogen and oxygen atoms in total. The quantitative estimate of drug-likeness (QED) is 0.240. The lowest BCUT2D eigenvalue weighted by Crippen LogP contribution is -2.43. The van der Waals surface area contributed by atoms with Crippen LogP contribution in [0, 0.1) is 18.3 Å². The van der Waals surface area contributed by atoms with Gasteiger partial charge in [0, 0.05) is 11.0 Å². The molecule has 0 aliphatic carbocycles. The Kier molecular flexibility index (Phi) is 7.48. The van der Waals surface area contributed by atoms with Gasteiger partial charge in [0.25, 0.3) is 5.88 Å². The van der Waals surface area contributed by atoms with Crippen molar-refractivity contribution in [2.24, 2.45) is 0 Å². The van der Waals surface area contributed by atoms with Crippen molar-refractivity contribution in [3.8, 4) is 28.8 Å². The maximum atomic E-state index is 13.0. The minimum Gasteiger partial charge on any atom is -0.543 e. The van der Waals surface area contributed by atoms with E-state index in [9.17, 15) is 26.9 Å². The molecule has 0 spiro atoms. The Hall–Kier alpha value is -2.58. The van der Waals surface area contributed by atoms with Gasteiger partial charge in [-0.05, 0) is 54.4 Å². The van der Waals surface area contributed by atoms with Gasteiger partial charge in [-0.2, -0.15) is 26.9 Å². The summed E-state index contributed by atoms with van der Waals surface area (Å²) >= 11 is 0. The number of benzene rings is 1. The Bertz CT molecular complexity index is 1270. The Morgan fingerprint density at radius 3 is 2.03 bits per heavy atom. The van der Waals surface area contributed by atoms with E-state index in [4.69, 9.17) is 4.43 Å². The average molecular weight is 529 g/mol. The molecular weight excluding hydrogens is 497 g/mol. The monoisotopic (exact) mass is 528 g/mol. The molecular formula is C24H31F3N2O4SSi. The first-order valence-electron chi connectivity index (χ1n) is 10.9. The smallest absolute Gasteiger partial charge is 0.534 e. The Labute approximate surface area is 206 Å². The van der Waals surface area contributed by atoms with Gasteiger partial charge in [-0.1, -0.05) is 47.6 Å². The Morgan fingerprint density at radius 1 is 1.00 bits per heavy atom. The van der Waals surface area contributed by atoms with E-state index in [2.05, 4.69) is 43.0 Å². The molecule has 0 aliphatic heterocycles. The van der Waals surface area contributed by atoms with E-state index >= 15 is 0 Å². The van der Waals surface area contributed by atoms with Crippen LogP contribution in [0.1, 0.15) is 58.4 Å². The first-order valence-corrected chi connectivity index (χ1v) is 15.2. The zero-order valence-electron chi connectivity index (χ0n) is 21.4. The predicted octanol–water partition coefficient (Wildman–Crippen LogP) is 6.84. The van der Waals surface area contributed by atoms with Crippen LogP contribution in [-0.2, 0) is 15.5 Å². The first kappa shape index (κ1) is 28.7. The molecule has 0 atom stereocenters. The molecule has 0 fully saturated rings. The second-order valence-electron chi connectivity index (χ2n) is 10.9. The Balaban J connectivity index is 2.82. The lowest BCUT2D eigenvalue weighted by Gasteiger charge is -2.36. The minimum absolute atomic E-state index is 0.0844. The van der Waals surface area contributed by atoms with E-state index in [0.29, 0.717) is 16.9 Å². The third-order valence-electron chi connectivity index (χ3n) is 6.02. The molecule has 0 N–H and O–H groups in total. The van der Waals surface area contributed by atoms with Crippen molar-refractivity contribution in [2.75, 3.05) is 0 Å². The van der Waals surface area contributed by atoms with Gasteiger partial charge in [0.2, 0.25) is 8.32 Å². The molecule has 0 radical (unpaired) electrons. The van der Waals surface area contributed by atoms with Crippen LogP contribution >= 0.6 is 0 Å². The number of rotatable bonds is 5. The van der Waals surface area contributed by atoms with Crippen LogP contribution in [0.25, 0.3) is 11.1 Å². The molecule has 0 unspecified atom stereocenters. The van der Waals surface area contributed by atoms with Crippen molar-refractivity contribution in [3.63, 3.8) is 0 Å². The minimum atomic E-state index is -6.04. The summed E-state index contributed by atoms with van der Waals surface area (Å²) in [5.41, 5.74) is -5.11. The summed E-state index contributed by atoms with van der Waals surface area (Å²) in [4.78, 5) is 4.00. The topological polar surface area (TPSA) is 89.3 Å². The fraction of sp³-hybridized carbons (Fsp3) is 0.500. The lowest BCUT2D eigenvalue weighted by atomic mass is 9.88. The second kappa shape index (κ2) is 9.13. The van der Waals surface area contributed by atoms with Crippen LogP contribution in [-0.4, -0.2) is 27.2 Å². The van der Waals surface area contributed by atoms with Gasteiger partial charge in [0.05, 0.1) is 5.69 Å². The maximum absolute atomic E-state index is 13.0. The molecule has 11 heteroatoms. The highest BCUT2D eigenvalue weighted by Crippen LogP contribution is 2.41. The molecule has 1 aromatic heterocycles. The molecule has 0 saturated carbocycles. The van der Waals surface area contributed by atoms with Gasteiger partial charge in [0.1, 0.15) is 17.4 Å². The van der Waals surface area contributed by atoms with Crippen molar-refractivity contribution >= 4 is 18.4 Å². The van der Waals surface area contributed by atoms with E-state index in [1.807, 2.05) is 0 Å². The molecule has 192 valence electrons. The Morgan fingerprint density at radius 2 is 1.57 bits per heavy atom. The predicted molar refractivity (Wildman–Crippen MR) is 131 cm³/mol. The molecule has 2 rings (SSSR count). The highest BCUT2D eigenvalue weighted by molar-refractivity contribution is 7.88. The molecule has 0 amide bonds.